The van der Waals surface area contributed by atoms with E-state index < -0.39 is 8.07 Å². The van der Waals surface area contributed by atoms with E-state index in [2.05, 4.69) is 48.8 Å². The fourth-order valence-corrected chi connectivity index (χ4v) is 4.02. The van der Waals surface area contributed by atoms with Crippen LogP contribution in [-0.2, 0) is 9.47 Å². The first kappa shape index (κ1) is 15.3. The molecule has 0 radical (unpaired) electrons. The van der Waals surface area contributed by atoms with Gasteiger partial charge in [-0.3, -0.25) is 0 Å². The topological polar surface area (TPSA) is 18.5 Å². The Labute approximate surface area is 123 Å². The summed E-state index contributed by atoms with van der Waals surface area (Å²) in [7, 11) is -1.69. The van der Waals surface area contributed by atoms with Gasteiger partial charge in [0.15, 0.2) is 14.4 Å². The van der Waals surface area contributed by atoms with Crippen LogP contribution in [0.5, 0.6) is 0 Å². The van der Waals surface area contributed by atoms with Crippen LogP contribution >= 0.6 is 0 Å². The van der Waals surface area contributed by atoms with E-state index in [4.69, 9.17) is 9.47 Å². The van der Waals surface area contributed by atoms with Gasteiger partial charge in [0.05, 0.1) is 0 Å². The van der Waals surface area contributed by atoms with Crippen LogP contribution in [0.2, 0.25) is 13.1 Å². The molecule has 0 N–H and O–H groups in total. The van der Waals surface area contributed by atoms with Crippen molar-refractivity contribution in [1.82, 2.24) is 0 Å². The maximum Gasteiger partial charge on any atom is 0.162 e. The zero-order chi connectivity index (χ0) is 14.4. The van der Waals surface area contributed by atoms with Crippen LogP contribution in [0.15, 0.2) is 30.3 Å². The largest absolute Gasteiger partial charge is 0.353 e. The number of benzene rings is 1. The molecule has 0 amide bonds. The molecular formula is C17H24O2Si. The summed E-state index contributed by atoms with van der Waals surface area (Å²) in [6.45, 7) is 7.38. The van der Waals surface area contributed by atoms with Crippen molar-refractivity contribution in [3.05, 3.63) is 30.3 Å². The summed E-state index contributed by atoms with van der Waals surface area (Å²) in [6.07, 6.45) is 3.21. The van der Waals surface area contributed by atoms with Crippen molar-refractivity contribution >= 4 is 13.3 Å². The lowest BCUT2D eigenvalue weighted by Crippen LogP contribution is -2.40. The van der Waals surface area contributed by atoms with E-state index in [-0.39, 0.29) is 12.4 Å². The molecular weight excluding hydrogens is 264 g/mol. The summed E-state index contributed by atoms with van der Waals surface area (Å²) in [5, 5.41) is 1.37. The third-order valence-electron chi connectivity index (χ3n) is 3.58. The van der Waals surface area contributed by atoms with Crippen LogP contribution in [0.4, 0.5) is 0 Å². The average Bonchev–Trinajstić information content (AvgIpc) is 2.47. The van der Waals surface area contributed by atoms with Crippen molar-refractivity contribution in [1.29, 1.82) is 0 Å². The van der Waals surface area contributed by atoms with E-state index >= 15 is 0 Å². The smallest absolute Gasteiger partial charge is 0.162 e. The molecule has 2 atom stereocenters. The molecule has 3 heteroatoms. The molecule has 108 valence electrons. The Morgan fingerprint density at radius 1 is 1.25 bits per heavy atom. The van der Waals surface area contributed by atoms with Crippen LogP contribution in [0.25, 0.3) is 0 Å². The van der Waals surface area contributed by atoms with E-state index in [1.54, 1.807) is 0 Å². The van der Waals surface area contributed by atoms with Gasteiger partial charge in [-0.25, -0.2) is 0 Å². The molecule has 0 spiro atoms. The van der Waals surface area contributed by atoms with Crippen LogP contribution < -0.4 is 5.19 Å². The Bertz CT molecular complexity index is 467. The second kappa shape index (κ2) is 7.08. The molecule has 1 heterocycles. The highest BCUT2D eigenvalue weighted by Gasteiger charge is 2.21. The molecule has 1 unspecified atom stereocenters. The lowest BCUT2D eigenvalue weighted by Gasteiger charge is -2.24. The monoisotopic (exact) mass is 288 g/mol. The van der Waals surface area contributed by atoms with Gasteiger partial charge in [-0.2, -0.15) is 0 Å². The second-order valence-corrected chi connectivity index (χ2v) is 9.91. The Hall–Kier alpha value is -1.08. The van der Waals surface area contributed by atoms with E-state index in [1.165, 1.54) is 11.6 Å². The van der Waals surface area contributed by atoms with E-state index in [0.717, 1.165) is 19.4 Å². The molecule has 1 aliphatic heterocycles. The van der Waals surface area contributed by atoms with E-state index in [9.17, 15) is 0 Å². The van der Waals surface area contributed by atoms with Gasteiger partial charge in [-0.15, -0.1) is 5.54 Å². The van der Waals surface area contributed by atoms with E-state index in [1.807, 2.05) is 13.0 Å². The molecule has 1 fully saturated rings. The van der Waals surface area contributed by atoms with Gasteiger partial charge in [0, 0.05) is 6.61 Å². The average molecular weight is 288 g/mol. The number of rotatable bonds is 3. The van der Waals surface area contributed by atoms with Crippen molar-refractivity contribution in [3.63, 3.8) is 0 Å². The summed E-state index contributed by atoms with van der Waals surface area (Å²) in [4.78, 5) is 0. The summed E-state index contributed by atoms with van der Waals surface area (Å²) >= 11 is 0. The Morgan fingerprint density at radius 2 is 2.00 bits per heavy atom. The quantitative estimate of drug-likeness (QED) is 0.628. The predicted molar refractivity (Wildman–Crippen MR) is 85.5 cm³/mol. The SMILES string of the molecule is C[C@H](C#C[Si](C)(C)c1ccccc1)OC1CCCCO1. The van der Waals surface area contributed by atoms with Crippen molar-refractivity contribution in [2.24, 2.45) is 0 Å². The maximum atomic E-state index is 5.85. The lowest BCUT2D eigenvalue weighted by molar-refractivity contribution is -0.173. The van der Waals surface area contributed by atoms with Crippen molar-refractivity contribution in [3.8, 4) is 11.5 Å². The van der Waals surface area contributed by atoms with E-state index in [0.29, 0.717) is 0 Å². The Morgan fingerprint density at radius 3 is 2.65 bits per heavy atom. The molecule has 2 nitrogen and oxygen atoms in total. The highest BCUT2D eigenvalue weighted by atomic mass is 28.3. The molecule has 0 bridgehead atoms. The third-order valence-corrected chi connectivity index (χ3v) is 6.12. The summed E-state index contributed by atoms with van der Waals surface area (Å²) in [5.74, 6) is 3.28. The summed E-state index contributed by atoms with van der Waals surface area (Å²) in [5.41, 5.74) is 3.47. The molecule has 20 heavy (non-hydrogen) atoms. The molecule has 0 saturated carbocycles. The van der Waals surface area contributed by atoms with Gasteiger partial charge in [-0.1, -0.05) is 49.3 Å². The first-order valence-electron chi connectivity index (χ1n) is 7.43. The third kappa shape index (κ3) is 4.48. The van der Waals surface area contributed by atoms with Gasteiger partial charge in [0.2, 0.25) is 0 Å². The minimum atomic E-state index is -1.69. The van der Waals surface area contributed by atoms with Crippen LogP contribution in [0, 0.1) is 11.5 Å². The van der Waals surface area contributed by atoms with Crippen LogP contribution in [0.3, 0.4) is 0 Å². The van der Waals surface area contributed by atoms with Gasteiger partial charge < -0.3 is 9.47 Å². The predicted octanol–water partition coefficient (Wildman–Crippen LogP) is 3.08. The lowest BCUT2D eigenvalue weighted by atomic mass is 10.2. The van der Waals surface area contributed by atoms with Crippen LogP contribution in [0.1, 0.15) is 26.2 Å². The number of ether oxygens (including phenoxy) is 2. The van der Waals surface area contributed by atoms with Gasteiger partial charge in [0.1, 0.15) is 6.10 Å². The highest BCUT2D eigenvalue weighted by Crippen LogP contribution is 2.15. The van der Waals surface area contributed by atoms with Crippen molar-refractivity contribution < 1.29 is 9.47 Å². The first-order chi connectivity index (χ1) is 9.58. The molecule has 2 rings (SSSR count). The fourth-order valence-electron chi connectivity index (χ4n) is 2.29. The van der Waals surface area contributed by atoms with Gasteiger partial charge >= 0.3 is 0 Å². The normalized spacial score (nSPS) is 20.9. The zero-order valence-corrected chi connectivity index (χ0v) is 13.7. The Kier molecular flexibility index (Phi) is 5.42. The minimum Gasteiger partial charge on any atom is -0.353 e. The molecule has 0 aromatic heterocycles. The number of hydrogen-bond donors (Lipinski definition) is 0. The molecule has 1 aliphatic rings. The molecule has 1 aromatic rings. The zero-order valence-electron chi connectivity index (χ0n) is 12.7. The minimum absolute atomic E-state index is 0.0606. The second-order valence-electron chi connectivity index (χ2n) is 5.83. The van der Waals surface area contributed by atoms with Crippen molar-refractivity contribution in [2.75, 3.05) is 6.61 Å². The number of hydrogen-bond acceptors (Lipinski definition) is 2. The van der Waals surface area contributed by atoms with Crippen molar-refractivity contribution in [2.45, 2.75) is 51.7 Å². The molecule has 1 aromatic carbocycles. The van der Waals surface area contributed by atoms with Gasteiger partial charge in [0.25, 0.3) is 0 Å². The van der Waals surface area contributed by atoms with Gasteiger partial charge in [-0.05, 0) is 31.4 Å². The summed E-state index contributed by atoms with van der Waals surface area (Å²) in [6, 6.07) is 10.6. The highest BCUT2D eigenvalue weighted by molar-refractivity contribution is 6.96. The molecule has 1 saturated heterocycles. The summed E-state index contributed by atoms with van der Waals surface area (Å²) < 4.78 is 11.4. The fraction of sp³-hybridized carbons (Fsp3) is 0.529. The first-order valence-corrected chi connectivity index (χ1v) is 10.4. The molecule has 0 aliphatic carbocycles. The standard InChI is InChI=1S/C17H24O2Si/c1-15(19-17-11-7-8-13-18-17)12-14-20(2,3)16-9-5-4-6-10-16/h4-6,9-10,15,17H,7-8,11,13H2,1-3H3/t15-,17?/m1/s1. The Balaban J connectivity index is 1.94. The van der Waals surface area contributed by atoms with Crippen LogP contribution in [-0.4, -0.2) is 27.1 Å². The maximum absolute atomic E-state index is 5.85.